The molecule has 0 radical (unpaired) electrons. The molecule has 1 saturated carbocycles. The number of benzene rings is 1. The van der Waals surface area contributed by atoms with E-state index in [1.165, 1.54) is 0 Å². The van der Waals surface area contributed by atoms with Crippen LogP contribution in [0.1, 0.15) is 25.7 Å². The van der Waals surface area contributed by atoms with Gasteiger partial charge >= 0.3 is 0 Å². The highest BCUT2D eigenvalue weighted by atomic mass is 16.5. The Kier molecular flexibility index (Phi) is 3.69. The van der Waals surface area contributed by atoms with Gasteiger partial charge in [0.1, 0.15) is 0 Å². The maximum Gasteiger partial charge on any atom is 0.227 e. The number of nitrogens with zero attached hydrogens (tertiary/aromatic N) is 1. The van der Waals surface area contributed by atoms with Gasteiger partial charge in [-0.05, 0) is 43.9 Å². The minimum atomic E-state index is 0.0962. The topological polar surface area (TPSA) is 67.0 Å². The van der Waals surface area contributed by atoms with Crippen LogP contribution in [0.5, 0.6) is 0 Å². The Morgan fingerprint density at radius 1 is 1.35 bits per heavy atom. The van der Waals surface area contributed by atoms with Crippen molar-refractivity contribution in [1.29, 1.82) is 0 Å². The summed E-state index contributed by atoms with van der Waals surface area (Å²) in [5, 5.41) is 3.00. The first-order valence-corrected chi connectivity index (χ1v) is 7.03. The lowest BCUT2D eigenvalue weighted by atomic mass is 9.87. The molecule has 3 rings (SSSR count). The highest BCUT2D eigenvalue weighted by molar-refractivity contribution is 5.94. The number of carbonyl (C=O) groups excluding carboxylic acids is 1. The van der Waals surface area contributed by atoms with Crippen LogP contribution in [0.3, 0.4) is 0 Å². The first-order chi connectivity index (χ1) is 9.76. The number of anilines is 1. The van der Waals surface area contributed by atoms with Crippen molar-refractivity contribution in [2.24, 2.45) is 5.92 Å². The van der Waals surface area contributed by atoms with Gasteiger partial charge in [0.15, 0.2) is 0 Å². The molecule has 0 spiro atoms. The molecule has 0 aliphatic heterocycles. The number of methoxy groups -OCH3 is 1. The van der Waals surface area contributed by atoms with Crippen LogP contribution in [0, 0.1) is 5.92 Å². The Bertz CT molecular complexity index is 600. The number of aromatic nitrogens is 2. The molecular formula is C15H19N3O2. The highest BCUT2D eigenvalue weighted by Gasteiger charge is 2.26. The molecule has 20 heavy (non-hydrogen) atoms. The normalized spacial score (nSPS) is 22.9. The Morgan fingerprint density at radius 2 is 2.15 bits per heavy atom. The Balaban J connectivity index is 1.63. The van der Waals surface area contributed by atoms with Gasteiger partial charge in [-0.3, -0.25) is 4.79 Å². The van der Waals surface area contributed by atoms with Gasteiger partial charge in [-0.25, -0.2) is 4.98 Å². The van der Waals surface area contributed by atoms with E-state index in [1.807, 2.05) is 18.2 Å². The van der Waals surface area contributed by atoms with Crippen molar-refractivity contribution in [2.45, 2.75) is 31.8 Å². The molecule has 5 heteroatoms. The van der Waals surface area contributed by atoms with Crippen LogP contribution in [0.25, 0.3) is 11.0 Å². The lowest BCUT2D eigenvalue weighted by Crippen LogP contribution is -2.29. The van der Waals surface area contributed by atoms with Gasteiger partial charge < -0.3 is 15.0 Å². The maximum absolute atomic E-state index is 12.3. The number of nitrogens with one attached hydrogen (secondary N) is 2. The van der Waals surface area contributed by atoms with Crippen LogP contribution >= 0.6 is 0 Å². The number of H-pyrrole nitrogens is 1. The summed E-state index contributed by atoms with van der Waals surface area (Å²) >= 11 is 0. The molecule has 1 aliphatic carbocycles. The number of rotatable bonds is 3. The molecule has 0 atom stereocenters. The predicted molar refractivity (Wildman–Crippen MR) is 77.5 cm³/mol. The molecule has 0 unspecified atom stereocenters. The zero-order valence-corrected chi connectivity index (χ0v) is 11.6. The fourth-order valence-corrected chi connectivity index (χ4v) is 2.82. The molecule has 1 fully saturated rings. The average Bonchev–Trinajstić information content (AvgIpc) is 2.95. The van der Waals surface area contributed by atoms with Crippen molar-refractivity contribution in [3.05, 3.63) is 24.5 Å². The molecule has 0 saturated heterocycles. The van der Waals surface area contributed by atoms with Crippen molar-refractivity contribution < 1.29 is 9.53 Å². The standard InChI is InChI=1S/C15H19N3O2/c1-20-12-5-2-10(3-6-12)15(19)18-11-4-7-13-14(8-11)17-9-16-13/h4,7-10,12H,2-3,5-6H2,1H3,(H,16,17)(H,18,19). The van der Waals surface area contributed by atoms with E-state index in [4.69, 9.17) is 4.74 Å². The van der Waals surface area contributed by atoms with E-state index in [0.29, 0.717) is 6.10 Å². The predicted octanol–water partition coefficient (Wildman–Crippen LogP) is 2.71. The van der Waals surface area contributed by atoms with E-state index in [-0.39, 0.29) is 11.8 Å². The SMILES string of the molecule is COC1CCC(C(=O)Nc2ccc3nc[nH]c3c2)CC1. The number of carbonyl (C=O) groups is 1. The van der Waals surface area contributed by atoms with Gasteiger partial charge in [0.05, 0.1) is 23.5 Å². The highest BCUT2D eigenvalue weighted by Crippen LogP contribution is 2.27. The molecule has 1 aliphatic rings. The minimum Gasteiger partial charge on any atom is -0.381 e. The summed E-state index contributed by atoms with van der Waals surface area (Å²) < 4.78 is 5.33. The largest absolute Gasteiger partial charge is 0.381 e. The number of hydrogen-bond donors (Lipinski definition) is 2. The Labute approximate surface area is 117 Å². The zero-order chi connectivity index (χ0) is 13.9. The minimum absolute atomic E-state index is 0.0962. The van der Waals surface area contributed by atoms with E-state index >= 15 is 0 Å². The van der Waals surface area contributed by atoms with Crippen molar-refractivity contribution in [3.63, 3.8) is 0 Å². The summed E-state index contributed by atoms with van der Waals surface area (Å²) in [6, 6.07) is 5.71. The summed E-state index contributed by atoms with van der Waals surface area (Å²) in [5.41, 5.74) is 2.66. The first-order valence-electron chi connectivity index (χ1n) is 7.03. The number of aromatic amines is 1. The van der Waals surface area contributed by atoms with Crippen molar-refractivity contribution >= 4 is 22.6 Å². The van der Waals surface area contributed by atoms with Crippen molar-refractivity contribution in [2.75, 3.05) is 12.4 Å². The number of fused-ring (bicyclic) bond motifs is 1. The zero-order valence-electron chi connectivity index (χ0n) is 11.6. The number of ether oxygens (including phenoxy) is 1. The molecule has 106 valence electrons. The average molecular weight is 273 g/mol. The second kappa shape index (κ2) is 5.63. The van der Waals surface area contributed by atoms with Crippen LogP contribution < -0.4 is 5.32 Å². The second-order valence-electron chi connectivity index (χ2n) is 5.33. The van der Waals surface area contributed by atoms with E-state index < -0.39 is 0 Å². The molecule has 1 heterocycles. The van der Waals surface area contributed by atoms with Crippen molar-refractivity contribution in [3.8, 4) is 0 Å². The molecule has 1 aromatic heterocycles. The Hall–Kier alpha value is -1.88. The molecule has 2 N–H and O–H groups in total. The smallest absolute Gasteiger partial charge is 0.227 e. The third kappa shape index (κ3) is 2.67. The van der Waals surface area contributed by atoms with Gasteiger partial charge in [-0.15, -0.1) is 0 Å². The summed E-state index contributed by atoms with van der Waals surface area (Å²) in [6.07, 6.45) is 5.71. The van der Waals surface area contributed by atoms with Gasteiger partial charge in [0.2, 0.25) is 5.91 Å². The third-order valence-electron chi connectivity index (χ3n) is 4.07. The first kappa shape index (κ1) is 13.1. The lowest BCUT2D eigenvalue weighted by Gasteiger charge is -2.26. The fourth-order valence-electron chi connectivity index (χ4n) is 2.82. The molecule has 1 amide bonds. The molecular weight excluding hydrogens is 254 g/mol. The van der Waals surface area contributed by atoms with E-state index in [1.54, 1.807) is 13.4 Å². The summed E-state index contributed by atoms with van der Waals surface area (Å²) in [5.74, 6) is 0.206. The fraction of sp³-hybridized carbons (Fsp3) is 0.467. The number of hydrogen-bond acceptors (Lipinski definition) is 3. The second-order valence-corrected chi connectivity index (χ2v) is 5.33. The third-order valence-corrected chi connectivity index (χ3v) is 4.07. The summed E-state index contributed by atoms with van der Waals surface area (Å²) in [4.78, 5) is 19.5. The van der Waals surface area contributed by atoms with E-state index in [9.17, 15) is 4.79 Å². The van der Waals surface area contributed by atoms with Crippen LogP contribution in [0.4, 0.5) is 5.69 Å². The van der Waals surface area contributed by atoms with E-state index in [2.05, 4.69) is 15.3 Å². The molecule has 2 aromatic rings. The summed E-state index contributed by atoms with van der Waals surface area (Å²) in [6.45, 7) is 0. The number of amides is 1. The van der Waals surface area contributed by atoms with Gasteiger partial charge in [-0.2, -0.15) is 0 Å². The van der Waals surface area contributed by atoms with Gasteiger partial charge in [0.25, 0.3) is 0 Å². The monoisotopic (exact) mass is 273 g/mol. The van der Waals surface area contributed by atoms with E-state index in [0.717, 1.165) is 42.4 Å². The van der Waals surface area contributed by atoms with Crippen LogP contribution in [-0.2, 0) is 9.53 Å². The van der Waals surface area contributed by atoms with Gasteiger partial charge in [0, 0.05) is 18.7 Å². The maximum atomic E-state index is 12.3. The Morgan fingerprint density at radius 3 is 2.90 bits per heavy atom. The molecule has 0 bridgehead atoms. The van der Waals surface area contributed by atoms with Gasteiger partial charge in [-0.1, -0.05) is 0 Å². The molecule has 5 nitrogen and oxygen atoms in total. The lowest BCUT2D eigenvalue weighted by molar-refractivity contribution is -0.121. The van der Waals surface area contributed by atoms with Crippen molar-refractivity contribution in [1.82, 2.24) is 9.97 Å². The molecule has 1 aromatic carbocycles. The van der Waals surface area contributed by atoms with Crippen LogP contribution in [0.2, 0.25) is 0 Å². The van der Waals surface area contributed by atoms with Crippen LogP contribution in [-0.4, -0.2) is 29.1 Å². The van der Waals surface area contributed by atoms with Crippen LogP contribution in [0.15, 0.2) is 24.5 Å². The quantitative estimate of drug-likeness (QED) is 0.903. The summed E-state index contributed by atoms with van der Waals surface area (Å²) in [7, 11) is 1.74. The number of imidazole rings is 1.